The number of nitrogens with zero attached hydrogens (tertiary/aromatic N) is 2. The summed E-state index contributed by atoms with van der Waals surface area (Å²) in [5.41, 5.74) is 2.12. The van der Waals surface area contributed by atoms with Crippen LogP contribution in [0.15, 0.2) is 24.3 Å². The molecule has 1 saturated heterocycles. The monoisotopic (exact) mass is 262 g/mol. The first-order valence-corrected chi connectivity index (χ1v) is 6.77. The Morgan fingerprint density at radius 1 is 1.16 bits per heavy atom. The zero-order valence-electron chi connectivity index (χ0n) is 11.8. The molecular weight excluding hydrogens is 240 g/mol. The van der Waals surface area contributed by atoms with Crippen molar-refractivity contribution >= 4 is 6.03 Å². The number of aliphatic hydroxyl groups excluding tert-OH is 1. The van der Waals surface area contributed by atoms with Crippen LogP contribution in [0.25, 0.3) is 0 Å². The third-order valence-corrected chi connectivity index (χ3v) is 3.68. The lowest BCUT2D eigenvalue weighted by Gasteiger charge is -2.20. The van der Waals surface area contributed by atoms with E-state index < -0.39 is 6.10 Å². The maximum Gasteiger partial charge on any atom is 0.319 e. The predicted molar refractivity (Wildman–Crippen MR) is 75.1 cm³/mol. The van der Waals surface area contributed by atoms with Gasteiger partial charge in [-0.2, -0.15) is 0 Å². The molecule has 0 radical (unpaired) electrons. The number of amides is 2. The summed E-state index contributed by atoms with van der Waals surface area (Å²) in [5.74, 6) is 0.486. The van der Waals surface area contributed by atoms with Crippen LogP contribution < -0.4 is 0 Å². The first-order valence-electron chi connectivity index (χ1n) is 6.77. The summed E-state index contributed by atoms with van der Waals surface area (Å²) in [4.78, 5) is 15.1. The largest absolute Gasteiger partial charge is 0.387 e. The fourth-order valence-electron chi connectivity index (χ4n) is 2.29. The smallest absolute Gasteiger partial charge is 0.319 e. The highest BCUT2D eigenvalue weighted by Crippen LogP contribution is 2.20. The molecule has 1 unspecified atom stereocenters. The minimum absolute atomic E-state index is 0.00199. The number of rotatable bonds is 4. The van der Waals surface area contributed by atoms with Crippen molar-refractivity contribution < 1.29 is 9.90 Å². The van der Waals surface area contributed by atoms with Crippen LogP contribution in [0.1, 0.15) is 37.0 Å². The second kappa shape index (κ2) is 5.61. The summed E-state index contributed by atoms with van der Waals surface area (Å²) in [6, 6.07) is 7.98. The minimum atomic E-state index is -0.614. The Hall–Kier alpha value is -1.55. The average molecular weight is 262 g/mol. The van der Waals surface area contributed by atoms with Gasteiger partial charge >= 0.3 is 6.03 Å². The molecule has 4 nitrogen and oxygen atoms in total. The maximum atomic E-state index is 11.8. The van der Waals surface area contributed by atoms with Gasteiger partial charge in [-0.05, 0) is 17.0 Å². The van der Waals surface area contributed by atoms with Crippen LogP contribution in [0.2, 0.25) is 0 Å². The fourth-order valence-corrected chi connectivity index (χ4v) is 2.29. The van der Waals surface area contributed by atoms with E-state index in [0.717, 1.165) is 12.1 Å². The molecule has 2 amide bonds. The molecule has 0 aliphatic carbocycles. The molecule has 19 heavy (non-hydrogen) atoms. The molecule has 1 aromatic carbocycles. The summed E-state index contributed by atoms with van der Waals surface area (Å²) in [6.07, 6.45) is -0.614. The quantitative estimate of drug-likeness (QED) is 0.904. The molecule has 104 valence electrons. The predicted octanol–water partition coefficient (Wildman–Crippen LogP) is 2.21. The van der Waals surface area contributed by atoms with Crippen LogP contribution in [0, 0.1) is 0 Å². The van der Waals surface area contributed by atoms with Crippen LogP contribution >= 0.6 is 0 Å². The van der Waals surface area contributed by atoms with Crippen molar-refractivity contribution in [3.63, 3.8) is 0 Å². The normalized spacial score (nSPS) is 17.4. The molecule has 4 heteroatoms. The van der Waals surface area contributed by atoms with Crippen LogP contribution in [-0.2, 0) is 0 Å². The summed E-state index contributed by atoms with van der Waals surface area (Å²) in [6.45, 7) is 6.08. The van der Waals surface area contributed by atoms with Crippen molar-refractivity contribution in [2.75, 3.05) is 26.7 Å². The van der Waals surface area contributed by atoms with E-state index in [1.165, 1.54) is 5.56 Å². The second-order valence-electron chi connectivity index (χ2n) is 5.49. The van der Waals surface area contributed by atoms with E-state index in [0.29, 0.717) is 19.0 Å². The standard InChI is InChI=1S/C15H22N2O2/c1-11(2)12-4-6-13(7-5-12)14(18)10-17-9-8-16(3)15(17)19/h4-7,11,14,18H,8-10H2,1-3H3. The van der Waals surface area contributed by atoms with Gasteiger partial charge in [0.15, 0.2) is 0 Å². The maximum absolute atomic E-state index is 11.8. The topological polar surface area (TPSA) is 43.8 Å². The van der Waals surface area contributed by atoms with Crippen molar-refractivity contribution in [3.05, 3.63) is 35.4 Å². The number of benzene rings is 1. The van der Waals surface area contributed by atoms with Gasteiger partial charge in [-0.25, -0.2) is 4.79 Å². The van der Waals surface area contributed by atoms with Gasteiger partial charge in [0.25, 0.3) is 0 Å². The number of urea groups is 1. The van der Waals surface area contributed by atoms with Crippen LogP contribution in [0.5, 0.6) is 0 Å². The molecule has 0 spiro atoms. The number of aliphatic hydroxyl groups is 1. The van der Waals surface area contributed by atoms with Crippen molar-refractivity contribution in [1.82, 2.24) is 9.80 Å². The van der Waals surface area contributed by atoms with E-state index in [4.69, 9.17) is 0 Å². The van der Waals surface area contributed by atoms with Crippen molar-refractivity contribution in [1.29, 1.82) is 0 Å². The second-order valence-corrected chi connectivity index (χ2v) is 5.49. The van der Waals surface area contributed by atoms with Gasteiger partial charge in [-0.1, -0.05) is 38.1 Å². The molecule has 1 aliphatic rings. The third kappa shape index (κ3) is 3.07. The number of β-amino-alcohol motifs (C(OH)–C–C–N with tert-alkyl or cyclic N) is 1. The lowest BCUT2D eigenvalue weighted by atomic mass is 10.00. The fraction of sp³-hybridized carbons (Fsp3) is 0.533. The van der Waals surface area contributed by atoms with Gasteiger partial charge in [-0.15, -0.1) is 0 Å². The Bertz CT molecular complexity index is 442. The third-order valence-electron chi connectivity index (χ3n) is 3.68. The lowest BCUT2D eigenvalue weighted by molar-refractivity contribution is 0.129. The summed E-state index contributed by atoms with van der Waals surface area (Å²) >= 11 is 0. The van der Waals surface area contributed by atoms with Crippen LogP contribution in [0.3, 0.4) is 0 Å². The summed E-state index contributed by atoms with van der Waals surface area (Å²) in [7, 11) is 1.78. The molecule has 1 atom stereocenters. The van der Waals surface area contributed by atoms with Crippen molar-refractivity contribution in [2.24, 2.45) is 0 Å². The number of carbonyl (C=O) groups is 1. The zero-order chi connectivity index (χ0) is 14.0. The lowest BCUT2D eigenvalue weighted by Crippen LogP contribution is -2.32. The Morgan fingerprint density at radius 3 is 2.21 bits per heavy atom. The molecule has 0 aromatic heterocycles. The van der Waals surface area contributed by atoms with E-state index in [1.54, 1.807) is 16.8 Å². The molecular formula is C15H22N2O2. The first-order chi connectivity index (χ1) is 8.99. The Kier molecular flexibility index (Phi) is 4.10. The molecule has 1 heterocycles. The number of likely N-dealkylation sites (N-methyl/N-ethyl adjacent to an activating group) is 1. The highest BCUT2D eigenvalue weighted by Gasteiger charge is 2.27. The minimum Gasteiger partial charge on any atom is -0.387 e. The Morgan fingerprint density at radius 2 is 1.74 bits per heavy atom. The van der Waals surface area contributed by atoms with Crippen LogP contribution in [0.4, 0.5) is 4.79 Å². The molecule has 0 bridgehead atoms. The van der Waals surface area contributed by atoms with Gasteiger partial charge in [0, 0.05) is 20.1 Å². The molecule has 2 rings (SSSR count). The molecule has 1 aliphatic heterocycles. The van der Waals surface area contributed by atoms with E-state index in [9.17, 15) is 9.90 Å². The highest BCUT2D eigenvalue weighted by atomic mass is 16.3. The van der Waals surface area contributed by atoms with Crippen LogP contribution in [-0.4, -0.2) is 47.6 Å². The van der Waals surface area contributed by atoms with E-state index in [2.05, 4.69) is 13.8 Å². The van der Waals surface area contributed by atoms with Gasteiger partial charge in [0.2, 0.25) is 0 Å². The van der Waals surface area contributed by atoms with Crippen molar-refractivity contribution in [3.8, 4) is 0 Å². The van der Waals surface area contributed by atoms with Gasteiger partial charge < -0.3 is 14.9 Å². The highest BCUT2D eigenvalue weighted by molar-refractivity contribution is 5.76. The summed E-state index contributed by atoms with van der Waals surface area (Å²) in [5, 5.41) is 10.2. The van der Waals surface area contributed by atoms with Gasteiger partial charge in [0.05, 0.1) is 12.6 Å². The average Bonchev–Trinajstić information content (AvgIpc) is 2.71. The molecule has 0 saturated carbocycles. The van der Waals surface area contributed by atoms with Gasteiger partial charge in [-0.3, -0.25) is 0 Å². The van der Waals surface area contributed by atoms with E-state index in [1.807, 2.05) is 24.3 Å². The molecule has 1 fully saturated rings. The molecule has 1 aromatic rings. The van der Waals surface area contributed by atoms with E-state index in [-0.39, 0.29) is 6.03 Å². The summed E-state index contributed by atoms with van der Waals surface area (Å²) < 4.78 is 0. The van der Waals surface area contributed by atoms with E-state index >= 15 is 0 Å². The Labute approximate surface area is 114 Å². The zero-order valence-corrected chi connectivity index (χ0v) is 11.8. The number of hydrogen-bond donors (Lipinski definition) is 1. The SMILES string of the molecule is CC(C)c1ccc(C(O)CN2CCN(C)C2=O)cc1. The van der Waals surface area contributed by atoms with Gasteiger partial charge in [0.1, 0.15) is 0 Å². The molecule has 1 N–H and O–H groups in total. The number of hydrogen-bond acceptors (Lipinski definition) is 2. The Balaban J connectivity index is 2.00. The first kappa shape index (κ1) is 13.9. The van der Waals surface area contributed by atoms with Crippen molar-refractivity contribution in [2.45, 2.75) is 25.9 Å². The number of carbonyl (C=O) groups excluding carboxylic acids is 1.